The van der Waals surface area contributed by atoms with Crippen molar-refractivity contribution < 1.29 is 4.74 Å². The Kier molecular flexibility index (Phi) is 6.92. The standard InChI is InChI=1S/C26H38N6O2/c1-16(2)23(24-28-29-30-32(24)26(5,6)7)31(15-20-9-8-10-34-20)14-19-13-21-18(4)11-17(3)12-22(21)27-25(19)33/h11-13,16,20,23H,8-10,14-15H2,1-7H3,(H,27,33)/t20-,23+/m0/s1. The molecule has 0 unspecified atom stereocenters. The van der Waals surface area contributed by atoms with Crippen molar-refractivity contribution in [3.05, 3.63) is 51.1 Å². The molecule has 0 saturated carbocycles. The van der Waals surface area contributed by atoms with Gasteiger partial charge in [-0.3, -0.25) is 9.69 Å². The van der Waals surface area contributed by atoms with E-state index in [4.69, 9.17) is 4.74 Å². The quantitative estimate of drug-likeness (QED) is 0.560. The van der Waals surface area contributed by atoms with Gasteiger partial charge in [-0.2, -0.15) is 0 Å². The smallest absolute Gasteiger partial charge is 0.252 e. The average molecular weight is 467 g/mol. The molecular weight excluding hydrogens is 428 g/mol. The maximum absolute atomic E-state index is 13.2. The first-order valence-corrected chi connectivity index (χ1v) is 12.3. The largest absolute Gasteiger partial charge is 0.377 e. The van der Waals surface area contributed by atoms with Crippen LogP contribution < -0.4 is 5.56 Å². The van der Waals surface area contributed by atoms with Gasteiger partial charge in [0.2, 0.25) is 0 Å². The Hall–Kier alpha value is -2.58. The number of aromatic nitrogens is 5. The highest BCUT2D eigenvalue weighted by Gasteiger charge is 2.34. The molecule has 1 aliphatic heterocycles. The van der Waals surface area contributed by atoms with E-state index in [1.807, 2.05) is 10.7 Å². The lowest BCUT2D eigenvalue weighted by Gasteiger charge is -2.36. The van der Waals surface area contributed by atoms with Crippen molar-refractivity contribution in [2.75, 3.05) is 13.2 Å². The Bertz CT molecular complexity index is 1200. The van der Waals surface area contributed by atoms with Gasteiger partial charge in [-0.1, -0.05) is 19.9 Å². The van der Waals surface area contributed by atoms with Crippen LogP contribution in [0.1, 0.15) is 76.0 Å². The van der Waals surface area contributed by atoms with Crippen molar-refractivity contribution in [2.24, 2.45) is 5.92 Å². The SMILES string of the molecule is Cc1cc(C)c2cc(CN(C[C@@H]3CCCO3)[C@@H](c3nnnn3C(C)(C)C)C(C)C)c(=O)[nH]c2c1. The summed E-state index contributed by atoms with van der Waals surface area (Å²) < 4.78 is 7.93. The van der Waals surface area contributed by atoms with E-state index in [0.29, 0.717) is 6.54 Å². The van der Waals surface area contributed by atoms with Crippen LogP contribution in [-0.2, 0) is 16.8 Å². The molecule has 0 aliphatic carbocycles. The predicted molar refractivity (Wildman–Crippen MR) is 134 cm³/mol. The first-order chi connectivity index (χ1) is 16.0. The molecule has 3 heterocycles. The molecule has 0 bridgehead atoms. The average Bonchev–Trinajstić information content (AvgIpc) is 3.40. The van der Waals surface area contributed by atoms with Crippen molar-refractivity contribution in [1.29, 1.82) is 0 Å². The predicted octanol–water partition coefficient (Wildman–Crippen LogP) is 4.26. The monoisotopic (exact) mass is 466 g/mol. The van der Waals surface area contributed by atoms with Crippen molar-refractivity contribution >= 4 is 10.9 Å². The topological polar surface area (TPSA) is 88.9 Å². The summed E-state index contributed by atoms with van der Waals surface area (Å²) in [4.78, 5) is 18.6. The molecule has 1 fully saturated rings. The van der Waals surface area contributed by atoms with Crippen LogP contribution in [0.5, 0.6) is 0 Å². The fraction of sp³-hybridized carbons (Fsp3) is 0.615. The Morgan fingerprint density at radius 1 is 1.24 bits per heavy atom. The molecule has 3 aromatic rings. The number of ether oxygens (including phenoxy) is 1. The van der Waals surface area contributed by atoms with Crippen molar-refractivity contribution in [3.63, 3.8) is 0 Å². The number of H-pyrrole nitrogens is 1. The number of rotatable bonds is 7. The molecule has 4 rings (SSSR count). The second kappa shape index (κ2) is 9.58. The van der Waals surface area contributed by atoms with Gasteiger partial charge in [0.15, 0.2) is 5.82 Å². The van der Waals surface area contributed by atoms with E-state index < -0.39 is 0 Å². The number of nitrogens with one attached hydrogen (secondary N) is 1. The van der Waals surface area contributed by atoms with Crippen LogP contribution in [0.2, 0.25) is 0 Å². The van der Waals surface area contributed by atoms with Crippen LogP contribution in [0.15, 0.2) is 23.0 Å². The number of aromatic amines is 1. The molecule has 184 valence electrons. The van der Waals surface area contributed by atoms with Gasteiger partial charge in [0.05, 0.1) is 17.7 Å². The number of benzene rings is 1. The highest BCUT2D eigenvalue weighted by atomic mass is 16.5. The third-order valence-electron chi connectivity index (χ3n) is 6.64. The lowest BCUT2D eigenvalue weighted by atomic mass is 9.98. The Balaban J connectivity index is 1.78. The molecule has 8 nitrogen and oxygen atoms in total. The normalized spacial score (nSPS) is 17.9. The van der Waals surface area contributed by atoms with Gasteiger partial charge in [-0.15, -0.1) is 5.10 Å². The van der Waals surface area contributed by atoms with Gasteiger partial charge >= 0.3 is 0 Å². The van der Waals surface area contributed by atoms with E-state index in [-0.39, 0.29) is 29.2 Å². The molecule has 1 saturated heterocycles. The summed E-state index contributed by atoms with van der Waals surface area (Å²) in [6, 6.07) is 6.18. The minimum atomic E-state index is -0.253. The van der Waals surface area contributed by atoms with Gasteiger partial charge in [-0.25, -0.2) is 4.68 Å². The van der Waals surface area contributed by atoms with Gasteiger partial charge in [0.25, 0.3) is 5.56 Å². The zero-order valence-corrected chi connectivity index (χ0v) is 21.6. The fourth-order valence-electron chi connectivity index (χ4n) is 5.12. The molecule has 1 aliphatic rings. The number of fused-ring (bicyclic) bond motifs is 1. The highest BCUT2D eigenvalue weighted by Crippen LogP contribution is 2.32. The van der Waals surface area contributed by atoms with Crippen LogP contribution in [0.25, 0.3) is 10.9 Å². The Morgan fingerprint density at radius 2 is 2.00 bits per heavy atom. The van der Waals surface area contributed by atoms with Crippen LogP contribution in [0.4, 0.5) is 0 Å². The van der Waals surface area contributed by atoms with Gasteiger partial charge in [0.1, 0.15) is 0 Å². The molecule has 2 aromatic heterocycles. The molecular formula is C26H38N6O2. The van der Waals surface area contributed by atoms with E-state index in [2.05, 4.69) is 86.0 Å². The molecule has 1 N–H and O–H groups in total. The number of tetrazole rings is 1. The zero-order valence-electron chi connectivity index (χ0n) is 21.6. The Morgan fingerprint density at radius 3 is 2.65 bits per heavy atom. The summed E-state index contributed by atoms with van der Waals surface area (Å²) in [5.41, 5.74) is 3.63. The summed E-state index contributed by atoms with van der Waals surface area (Å²) in [5.74, 6) is 1.06. The lowest BCUT2D eigenvalue weighted by Crippen LogP contribution is -2.41. The van der Waals surface area contributed by atoms with E-state index in [1.165, 1.54) is 0 Å². The summed E-state index contributed by atoms with van der Waals surface area (Å²) in [7, 11) is 0. The zero-order chi connectivity index (χ0) is 24.6. The molecule has 0 spiro atoms. The van der Waals surface area contributed by atoms with Crippen LogP contribution in [0.3, 0.4) is 0 Å². The first kappa shape index (κ1) is 24.5. The number of hydrogen-bond donors (Lipinski definition) is 1. The van der Waals surface area contributed by atoms with Gasteiger partial charge in [0, 0.05) is 36.2 Å². The van der Waals surface area contributed by atoms with E-state index >= 15 is 0 Å². The van der Waals surface area contributed by atoms with Gasteiger partial charge < -0.3 is 9.72 Å². The van der Waals surface area contributed by atoms with Crippen molar-refractivity contribution in [2.45, 2.75) is 85.5 Å². The second-order valence-corrected chi connectivity index (χ2v) is 11.0. The maximum atomic E-state index is 13.2. The van der Waals surface area contributed by atoms with Crippen molar-refractivity contribution in [1.82, 2.24) is 30.1 Å². The maximum Gasteiger partial charge on any atom is 0.252 e. The lowest BCUT2D eigenvalue weighted by molar-refractivity contribution is 0.0371. The molecule has 0 radical (unpaired) electrons. The summed E-state index contributed by atoms with van der Waals surface area (Å²) in [5, 5.41) is 13.9. The van der Waals surface area contributed by atoms with Crippen molar-refractivity contribution in [3.8, 4) is 0 Å². The van der Waals surface area contributed by atoms with E-state index in [9.17, 15) is 4.79 Å². The molecule has 1 aromatic carbocycles. The number of aryl methyl sites for hydroxylation is 2. The van der Waals surface area contributed by atoms with Crippen LogP contribution in [0, 0.1) is 19.8 Å². The summed E-state index contributed by atoms with van der Waals surface area (Å²) >= 11 is 0. The molecule has 8 heteroatoms. The van der Waals surface area contributed by atoms with E-state index in [1.54, 1.807) is 0 Å². The van der Waals surface area contributed by atoms with Crippen LogP contribution >= 0.6 is 0 Å². The second-order valence-electron chi connectivity index (χ2n) is 11.0. The number of pyridine rings is 1. The Labute approximate surface area is 201 Å². The number of hydrogen-bond acceptors (Lipinski definition) is 6. The summed E-state index contributed by atoms with van der Waals surface area (Å²) in [6.45, 7) is 16.8. The molecule has 0 amide bonds. The third kappa shape index (κ3) is 5.08. The molecule has 2 atom stereocenters. The minimum Gasteiger partial charge on any atom is -0.377 e. The first-order valence-electron chi connectivity index (χ1n) is 12.3. The van der Waals surface area contributed by atoms with E-state index in [0.717, 1.165) is 59.4 Å². The minimum absolute atomic E-state index is 0.0484. The highest BCUT2D eigenvalue weighted by molar-refractivity contribution is 5.83. The van der Waals surface area contributed by atoms with Gasteiger partial charge in [-0.05, 0) is 87.1 Å². The summed E-state index contributed by atoms with van der Waals surface area (Å²) in [6.07, 6.45) is 2.24. The number of nitrogens with zero attached hydrogens (tertiary/aromatic N) is 5. The third-order valence-corrected chi connectivity index (χ3v) is 6.64. The fourth-order valence-corrected chi connectivity index (χ4v) is 5.12. The molecule has 34 heavy (non-hydrogen) atoms. The van der Waals surface area contributed by atoms with Crippen LogP contribution in [-0.4, -0.2) is 49.3 Å².